The van der Waals surface area contributed by atoms with E-state index in [4.69, 9.17) is 14.8 Å². The van der Waals surface area contributed by atoms with Crippen LogP contribution in [0.4, 0.5) is 22.2 Å². The molecule has 0 aromatic carbocycles. The highest BCUT2D eigenvalue weighted by Crippen LogP contribution is 2.38. The van der Waals surface area contributed by atoms with Crippen LogP contribution in [0.25, 0.3) is 11.4 Å². The van der Waals surface area contributed by atoms with Crippen molar-refractivity contribution >= 4 is 23.5 Å². The number of anilines is 3. The number of rotatable bonds is 7. The minimum Gasteiger partial charge on any atom is -0.444 e. The molecular weight excluding hydrogens is 456 g/mol. The van der Waals surface area contributed by atoms with Gasteiger partial charge in [0.25, 0.3) is 0 Å². The van der Waals surface area contributed by atoms with Crippen LogP contribution in [0.15, 0.2) is 30.7 Å². The van der Waals surface area contributed by atoms with Crippen LogP contribution in [0.5, 0.6) is 0 Å². The highest BCUT2D eigenvalue weighted by molar-refractivity contribution is 5.68. The van der Waals surface area contributed by atoms with Crippen LogP contribution < -0.4 is 16.0 Å². The van der Waals surface area contributed by atoms with Gasteiger partial charge in [0.1, 0.15) is 11.4 Å². The Labute approximate surface area is 211 Å². The number of carbonyl (C=O) groups excluding carboxylic acids is 1. The lowest BCUT2D eigenvalue weighted by Crippen LogP contribution is -2.34. The van der Waals surface area contributed by atoms with Crippen LogP contribution in [0.3, 0.4) is 0 Å². The number of fused-ring (bicyclic) bond motifs is 3. The highest BCUT2D eigenvalue weighted by Gasteiger charge is 2.28. The number of amides is 1. The summed E-state index contributed by atoms with van der Waals surface area (Å²) in [7, 11) is 0. The Bertz CT molecular complexity index is 1210. The van der Waals surface area contributed by atoms with Gasteiger partial charge in [-0.1, -0.05) is 12.8 Å². The molecule has 5 rings (SSSR count). The number of nitrogens with one attached hydrogen (secondary N) is 3. The van der Waals surface area contributed by atoms with Gasteiger partial charge in [-0.05, 0) is 64.2 Å². The van der Waals surface area contributed by atoms with Crippen molar-refractivity contribution in [2.45, 2.75) is 70.9 Å². The predicted molar refractivity (Wildman–Crippen MR) is 138 cm³/mol. The van der Waals surface area contributed by atoms with Crippen LogP contribution in [-0.2, 0) is 17.6 Å². The van der Waals surface area contributed by atoms with E-state index in [1.807, 2.05) is 45.3 Å². The quantitative estimate of drug-likeness (QED) is 0.410. The number of hydrogen-bond donors (Lipinski definition) is 3. The second-order valence-corrected chi connectivity index (χ2v) is 10.4. The second-order valence-electron chi connectivity index (χ2n) is 10.4. The summed E-state index contributed by atoms with van der Waals surface area (Å²) in [6, 6.07) is 4.27. The summed E-state index contributed by atoms with van der Waals surface area (Å²) in [6.07, 6.45) is 12.1. The molecule has 0 bridgehead atoms. The van der Waals surface area contributed by atoms with Crippen LogP contribution in [-0.4, -0.2) is 49.5 Å². The Morgan fingerprint density at radius 3 is 2.61 bits per heavy atom. The summed E-state index contributed by atoms with van der Waals surface area (Å²) in [5.41, 5.74) is 4.91. The van der Waals surface area contributed by atoms with Gasteiger partial charge in [-0.25, -0.2) is 19.7 Å². The standard InChI is InChI=1S/C26H34N8O2/c1-26(2,3)36-25(35)28-13-12-27-19-10-11-21(29-16-19)32-24-30-14-17-8-9-18-15-31-34(20-6-4-5-7-20)23(18)22(17)33-24/h10-11,14-16,20,27H,4-9,12-13H2,1-3H3,(H,28,35)(H,29,30,32,33). The first-order valence-electron chi connectivity index (χ1n) is 12.7. The Kier molecular flexibility index (Phi) is 6.75. The summed E-state index contributed by atoms with van der Waals surface area (Å²) >= 11 is 0. The van der Waals surface area contributed by atoms with Gasteiger partial charge in [0.15, 0.2) is 0 Å². The van der Waals surface area contributed by atoms with Gasteiger partial charge in [0.05, 0.1) is 35.5 Å². The van der Waals surface area contributed by atoms with Crippen molar-refractivity contribution in [1.82, 2.24) is 30.0 Å². The minimum absolute atomic E-state index is 0.426. The third-order valence-electron chi connectivity index (χ3n) is 6.42. The zero-order valence-electron chi connectivity index (χ0n) is 21.2. The average Bonchev–Trinajstić information content (AvgIpc) is 3.52. The smallest absolute Gasteiger partial charge is 0.407 e. The van der Waals surface area contributed by atoms with Crippen molar-refractivity contribution in [2.24, 2.45) is 0 Å². The van der Waals surface area contributed by atoms with Gasteiger partial charge in [-0.3, -0.25) is 4.68 Å². The number of nitrogens with zero attached hydrogens (tertiary/aromatic N) is 5. The van der Waals surface area contributed by atoms with Crippen molar-refractivity contribution in [3.05, 3.63) is 41.9 Å². The normalized spacial score (nSPS) is 15.2. The summed E-state index contributed by atoms with van der Waals surface area (Å²) in [4.78, 5) is 25.6. The number of ether oxygens (including phenoxy) is 1. The Balaban J connectivity index is 1.20. The van der Waals surface area contributed by atoms with Crippen LogP contribution in [0, 0.1) is 0 Å². The van der Waals surface area contributed by atoms with E-state index in [1.165, 1.54) is 36.8 Å². The molecule has 10 heteroatoms. The monoisotopic (exact) mass is 490 g/mol. The molecule has 0 aliphatic heterocycles. The average molecular weight is 491 g/mol. The van der Waals surface area contributed by atoms with E-state index in [2.05, 4.69) is 30.6 Å². The number of hydrogen-bond acceptors (Lipinski definition) is 8. The predicted octanol–water partition coefficient (Wildman–Crippen LogP) is 4.63. The van der Waals surface area contributed by atoms with Crippen molar-refractivity contribution in [3.8, 4) is 11.4 Å². The lowest BCUT2D eigenvalue weighted by molar-refractivity contribution is 0.0530. The van der Waals surface area contributed by atoms with Gasteiger partial charge in [0.2, 0.25) is 5.95 Å². The van der Waals surface area contributed by atoms with E-state index in [0.29, 0.717) is 30.9 Å². The van der Waals surface area contributed by atoms with Crippen LogP contribution in [0.2, 0.25) is 0 Å². The van der Waals surface area contributed by atoms with Crippen molar-refractivity contribution in [1.29, 1.82) is 0 Å². The molecule has 0 saturated heterocycles. The van der Waals surface area contributed by atoms with Crippen LogP contribution in [0.1, 0.15) is 63.6 Å². The molecule has 3 aromatic heterocycles. The number of aromatic nitrogens is 5. The first-order valence-corrected chi connectivity index (χ1v) is 12.7. The van der Waals surface area contributed by atoms with Gasteiger partial charge in [-0.15, -0.1) is 0 Å². The largest absolute Gasteiger partial charge is 0.444 e. The SMILES string of the molecule is CC(C)(C)OC(=O)NCCNc1ccc(Nc2ncc3c(n2)-c2c(cnn2C2CCCC2)CC3)nc1. The molecule has 0 radical (unpaired) electrons. The second kappa shape index (κ2) is 10.1. The zero-order valence-corrected chi connectivity index (χ0v) is 21.2. The Morgan fingerprint density at radius 2 is 1.86 bits per heavy atom. The zero-order chi connectivity index (χ0) is 25.1. The van der Waals surface area contributed by atoms with Crippen molar-refractivity contribution < 1.29 is 9.53 Å². The summed E-state index contributed by atoms with van der Waals surface area (Å²) in [5.74, 6) is 1.18. The van der Waals surface area contributed by atoms with E-state index in [0.717, 1.165) is 29.9 Å². The number of aryl methyl sites for hydroxylation is 2. The van der Waals surface area contributed by atoms with E-state index in [9.17, 15) is 4.79 Å². The molecule has 2 aliphatic rings. The highest BCUT2D eigenvalue weighted by atomic mass is 16.6. The molecule has 2 aliphatic carbocycles. The van der Waals surface area contributed by atoms with E-state index >= 15 is 0 Å². The van der Waals surface area contributed by atoms with Crippen molar-refractivity contribution in [2.75, 3.05) is 23.7 Å². The minimum atomic E-state index is -0.508. The molecule has 0 spiro atoms. The molecule has 1 saturated carbocycles. The molecule has 190 valence electrons. The molecule has 3 N–H and O–H groups in total. The van der Waals surface area contributed by atoms with E-state index in [1.54, 1.807) is 6.20 Å². The Morgan fingerprint density at radius 1 is 1.06 bits per heavy atom. The summed E-state index contributed by atoms with van der Waals surface area (Å²) < 4.78 is 7.43. The van der Waals surface area contributed by atoms with Gasteiger partial charge < -0.3 is 20.7 Å². The number of pyridine rings is 1. The van der Waals surface area contributed by atoms with E-state index in [-0.39, 0.29) is 0 Å². The molecule has 3 aromatic rings. The van der Waals surface area contributed by atoms with Gasteiger partial charge >= 0.3 is 6.09 Å². The lowest BCUT2D eigenvalue weighted by atomic mass is 9.95. The third-order valence-corrected chi connectivity index (χ3v) is 6.42. The van der Waals surface area contributed by atoms with Crippen LogP contribution >= 0.6 is 0 Å². The maximum Gasteiger partial charge on any atom is 0.407 e. The molecule has 0 atom stereocenters. The maximum absolute atomic E-state index is 11.7. The van der Waals surface area contributed by atoms with Gasteiger partial charge in [0, 0.05) is 24.8 Å². The molecule has 0 unspecified atom stereocenters. The first kappa shape index (κ1) is 24.0. The fraction of sp³-hybridized carbons (Fsp3) is 0.500. The topological polar surface area (TPSA) is 119 Å². The molecule has 1 amide bonds. The number of alkyl carbamates (subject to hydrolysis) is 1. The van der Waals surface area contributed by atoms with E-state index < -0.39 is 11.7 Å². The molecule has 10 nitrogen and oxygen atoms in total. The first-order chi connectivity index (χ1) is 17.4. The summed E-state index contributed by atoms with van der Waals surface area (Å²) in [6.45, 7) is 6.51. The molecule has 36 heavy (non-hydrogen) atoms. The molecule has 3 heterocycles. The summed E-state index contributed by atoms with van der Waals surface area (Å²) in [5, 5.41) is 13.9. The number of carbonyl (C=O) groups is 1. The molecule has 1 fully saturated rings. The maximum atomic E-state index is 11.7. The fourth-order valence-electron chi connectivity index (χ4n) is 4.76. The third kappa shape index (κ3) is 5.58. The Hall–Kier alpha value is -3.69. The van der Waals surface area contributed by atoms with Crippen molar-refractivity contribution in [3.63, 3.8) is 0 Å². The molecular formula is C26H34N8O2. The fourth-order valence-corrected chi connectivity index (χ4v) is 4.76. The lowest BCUT2D eigenvalue weighted by Gasteiger charge is -2.20. The van der Waals surface area contributed by atoms with Gasteiger partial charge in [-0.2, -0.15) is 5.10 Å².